The molecule has 5 nitrogen and oxygen atoms in total. The number of hydrogen-bond donors (Lipinski definition) is 2. The van der Waals surface area contributed by atoms with Crippen LogP contribution in [0.1, 0.15) is 33.1 Å². The number of ether oxygens (including phenoxy) is 1. The Balaban J connectivity index is 2.42. The Morgan fingerprint density at radius 1 is 1.33 bits per heavy atom. The van der Waals surface area contributed by atoms with Gasteiger partial charge in [-0.3, -0.25) is 9.59 Å². The molecule has 0 bridgehead atoms. The molecule has 1 amide bonds. The summed E-state index contributed by atoms with van der Waals surface area (Å²) in [6.45, 7) is 5.40. The first kappa shape index (κ1) is 15.0. The minimum Gasteiger partial charge on any atom is -0.481 e. The van der Waals surface area contributed by atoms with Gasteiger partial charge in [0.15, 0.2) is 0 Å². The Morgan fingerprint density at radius 3 is 2.44 bits per heavy atom. The number of carboxylic acids is 1. The molecule has 1 heterocycles. The van der Waals surface area contributed by atoms with Crippen molar-refractivity contribution in [3.63, 3.8) is 0 Å². The van der Waals surface area contributed by atoms with Crippen LogP contribution in [0.15, 0.2) is 0 Å². The summed E-state index contributed by atoms with van der Waals surface area (Å²) in [6, 6.07) is 0. The third-order valence-electron chi connectivity index (χ3n) is 3.26. The van der Waals surface area contributed by atoms with Crippen LogP contribution in [0.4, 0.5) is 0 Å². The van der Waals surface area contributed by atoms with Gasteiger partial charge in [-0.25, -0.2) is 0 Å². The summed E-state index contributed by atoms with van der Waals surface area (Å²) in [5, 5.41) is 12.0. The smallest absolute Gasteiger partial charge is 0.308 e. The number of nitrogens with one attached hydrogen (secondary N) is 1. The Labute approximate surface area is 108 Å². The van der Waals surface area contributed by atoms with Crippen LogP contribution in [0.2, 0.25) is 0 Å². The van der Waals surface area contributed by atoms with E-state index in [4.69, 9.17) is 4.74 Å². The van der Waals surface area contributed by atoms with Crippen LogP contribution in [-0.4, -0.2) is 36.7 Å². The highest BCUT2D eigenvalue weighted by Crippen LogP contribution is 2.23. The van der Waals surface area contributed by atoms with Crippen molar-refractivity contribution in [3.8, 4) is 0 Å². The van der Waals surface area contributed by atoms with Gasteiger partial charge in [0.25, 0.3) is 0 Å². The lowest BCUT2D eigenvalue weighted by Gasteiger charge is -2.27. The summed E-state index contributed by atoms with van der Waals surface area (Å²) >= 11 is 0. The first-order valence-electron chi connectivity index (χ1n) is 6.58. The maximum atomic E-state index is 11.5. The number of carbonyl (C=O) groups excluding carboxylic acids is 1. The molecule has 0 aromatic carbocycles. The molecule has 1 aliphatic heterocycles. The number of amides is 1. The highest BCUT2D eigenvalue weighted by atomic mass is 16.5. The number of hydrogen-bond acceptors (Lipinski definition) is 3. The van der Waals surface area contributed by atoms with Crippen molar-refractivity contribution >= 4 is 11.9 Å². The minimum atomic E-state index is -0.827. The summed E-state index contributed by atoms with van der Waals surface area (Å²) in [5.41, 5.74) is 0. The van der Waals surface area contributed by atoms with E-state index in [-0.39, 0.29) is 24.3 Å². The molecule has 0 saturated carbocycles. The van der Waals surface area contributed by atoms with E-state index in [0.717, 1.165) is 12.8 Å². The van der Waals surface area contributed by atoms with Gasteiger partial charge in [-0.15, -0.1) is 0 Å². The van der Waals surface area contributed by atoms with Crippen LogP contribution < -0.4 is 5.32 Å². The van der Waals surface area contributed by atoms with Gasteiger partial charge in [0.2, 0.25) is 5.91 Å². The normalized spacial score (nSPS) is 18.6. The van der Waals surface area contributed by atoms with E-state index >= 15 is 0 Å². The van der Waals surface area contributed by atoms with Gasteiger partial charge in [0.1, 0.15) is 0 Å². The fourth-order valence-corrected chi connectivity index (χ4v) is 2.24. The second-order valence-corrected chi connectivity index (χ2v) is 5.30. The van der Waals surface area contributed by atoms with Gasteiger partial charge in [-0.2, -0.15) is 0 Å². The molecule has 0 aromatic rings. The largest absolute Gasteiger partial charge is 0.481 e. The summed E-state index contributed by atoms with van der Waals surface area (Å²) in [5.74, 6) is -0.993. The molecule has 1 saturated heterocycles. The molecule has 2 N–H and O–H groups in total. The second kappa shape index (κ2) is 7.36. The molecule has 1 rings (SSSR count). The van der Waals surface area contributed by atoms with E-state index in [2.05, 4.69) is 5.32 Å². The maximum absolute atomic E-state index is 11.5. The zero-order valence-corrected chi connectivity index (χ0v) is 11.1. The molecule has 0 aromatic heterocycles. The van der Waals surface area contributed by atoms with Crippen LogP contribution in [0.25, 0.3) is 0 Å². The average Bonchev–Trinajstić information content (AvgIpc) is 2.29. The van der Waals surface area contributed by atoms with Crippen LogP contribution in [0, 0.1) is 17.8 Å². The first-order chi connectivity index (χ1) is 8.50. The molecule has 1 unspecified atom stereocenters. The molecular formula is C13H23NO4. The van der Waals surface area contributed by atoms with Crippen molar-refractivity contribution in [2.24, 2.45) is 17.8 Å². The molecular weight excluding hydrogens is 234 g/mol. The SMILES string of the molecule is CC(C)CC(=O)NCC(C(=O)O)C1CCOCC1. The van der Waals surface area contributed by atoms with E-state index in [1.165, 1.54) is 0 Å². The highest BCUT2D eigenvalue weighted by molar-refractivity contribution is 5.77. The van der Waals surface area contributed by atoms with Crippen molar-refractivity contribution in [2.45, 2.75) is 33.1 Å². The van der Waals surface area contributed by atoms with Gasteiger partial charge in [-0.1, -0.05) is 13.8 Å². The van der Waals surface area contributed by atoms with E-state index in [1.54, 1.807) is 0 Å². The van der Waals surface area contributed by atoms with E-state index in [9.17, 15) is 14.7 Å². The van der Waals surface area contributed by atoms with Crippen molar-refractivity contribution in [2.75, 3.05) is 19.8 Å². The highest BCUT2D eigenvalue weighted by Gasteiger charge is 2.29. The van der Waals surface area contributed by atoms with Crippen molar-refractivity contribution in [3.05, 3.63) is 0 Å². The summed E-state index contributed by atoms with van der Waals surface area (Å²) in [6.07, 6.45) is 1.97. The number of aliphatic carboxylic acids is 1. The molecule has 5 heteroatoms. The van der Waals surface area contributed by atoms with Crippen LogP contribution in [0.3, 0.4) is 0 Å². The molecule has 0 aliphatic carbocycles. The lowest BCUT2D eigenvalue weighted by atomic mass is 9.86. The Morgan fingerprint density at radius 2 is 1.94 bits per heavy atom. The fraction of sp³-hybridized carbons (Fsp3) is 0.846. The van der Waals surface area contributed by atoms with Gasteiger partial charge in [-0.05, 0) is 24.7 Å². The monoisotopic (exact) mass is 257 g/mol. The number of carbonyl (C=O) groups is 2. The predicted octanol–water partition coefficient (Wildman–Crippen LogP) is 1.28. The second-order valence-electron chi connectivity index (χ2n) is 5.30. The topological polar surface area (TPSA) is 75.6 Å². The summed E-state index contributed by atoms with van der Waals surface area (Å²) < 4.78 is 5.23. The van der Waals surface area contributed by atoms with Gasteiger partial charge in [0.05, 0.1) is 5.92 Å². The number of rotatable bonds is 6. The Hall–Kier alpha value is -1.10. The third-order valence-corrected chi connectivity index (χ3v) is 3.26. The molecule has 1 fully saturated rings. The maximum Gasteiger partial charge on any atom is 0.308 e. The zero-order valence-electron chi connectivity index (χ0n) is 11.1. The van der Waals surface area contributed by atoms with E-state index in [0.29, 0.717) is 19.6 Å². The Kier molecular flexibility index (Phi) is 6.12. The average molecular weight is 257 g/mol. The van der Waals surface area contributed by atoms with Gasteiger partial charge >= 0.3 is 5.97 Å². The molecule has 1 aliphatic rings. The van der Waals surface area contributed by atoms with E-state index < -0.39 is 11.9 Å². The molecule has 104 valence electrons. The molecule has 18 heavy (non-hydrogen) atoms. The first-order valence-corrected chi connectivity index (χ1v) is 6.58. The van der Waals surface area contributed by atoms with Crippen molar-refractivity contribution in [1.29, 1.82) is 0 Å². The molecule has 1 atom stereocenters. The molecule has 0 radical (unpaired) electrons. The summed E-state index contributed by atoms with van der Waals surface area (Å²) in [7, 11) is 0. The van der Waals surface area contributed by atoms with E-state index in [1.807, 2.05) is 13.8 Å². The van der Waals surface area contributed by atoms with Crippen molar-refractivity contribution < 1.29 is 19.4 Å². The fourth-order valence-electron chi connectivity index (χ4n) is 2.24. The molecule has 0 spiro atoms. The van der Waals surface area contributed by atoms with Crippen LogP contribution in [0.5, 0.6) is 0 Å². The standard InChI is InChI=1S/C13H23NO4/c1-9(2)7-12(15)14-8-11(13(16)17)10-3-5-18-6-4-10/h9-11H,3-8H2,1-2H3,(H,14,15)(H,16,17). The number of carboxylic acid groups (broad SMARTS) is 1. The van der Waals surface area contributed by atoms with Crippen molar-refractivity contribution in [1.82, 2.24) is 5.32 Å². The minimum absolute atomic E-state index is 0.0664. The quantitative estimate of drug-likeness (QED) is 0.751. The van der Waals surface area contributed by atoms with Gasteiger partial charge < -0.3 is 15.2 Å². The third kappa shape index (κ3) is 5.04. The predicted molar refractivity (Wildman–Crippen MR) is 67.1 cm³/mol. The van der Waals surface area contributed by atoms with Crippen LogP contribution in [-0.2, 0) is 14.3 Å². The lowest BCUT2D eigenvalue weighted by molar-refractivity contribution is -0.145. The zero-order chi connectivity index (χ0) is 13.5. The Bertz CT molecular complexity index is 285. The summed E-state index contributed by atoms with van der Waals surface area (Å²) in [4.78, 5) is 22.8. The van der Waals surface area contributed by atoms with Crippen LogP contribution >= 0.6 is 0 Å². The van der Waals surface area contributed by atoms with Gasteiger partial charge in [0, 0.05) is 26.2 Å². The lowest BCUT2D eigenvalue weighted by Crippen LogP contribution is -2.39.